The van der Waals surface area contributed by atoms with E-state index in [-0.39, 0.29) is 0 Å². The van der Waals surface area contributed by atoms with E-state index in [1.807, 2.05) is 0 Å². The van der Waals surface area contributed by atoms with Crippen LogP contribution in [0, 0.1) is 0 Å². The van der Waals surface area contributed by atoms with Gasteiger partial charge in [-0.15, -0.1) is 0 Å². The number of nitrogens with two attached hydrogens (primary N) is 1. The summed E-state index contributed by atoms with van der Waals surface area (Å²) >= 11 is 0. The molecule has 0 bridgehead atoms. The van der Waals surface area contributed by atoms with Crippen LogP contribution in [-0.2, 0) is 6.54 Å². The Morgan fingerprint density at radius 2 is 1.29 bits per heavy atom. The summed E-state index contributed by atoms with van der Waals surface area (Å²) in [5.41, 5.74) is 9.15. The van der Waals surface area contributed by atoms with Gasteiger partial charge >= 0.3 is 33.0 Å². The number of anilines is 1. The molecule has 1 heterocycles. The Labute approximate surface area is 160 Å². The number of hydrogen-bond donors (Lipinski definition) is 1. The summed E-state index contributed by atoms with van der Waals surface area (Å²) in [5, 5.41) is 0. The van der Waals surface area contributed by atoms with Crippen molar-refractivity contribution in [2.45, 2.75) is 13.0 Å². The zero-order valence-electron chi connectivity index (χ0n) is 15.6. The molecule has 2 rings (SSSR count). The first-order chi connectivity index (χ1) is 12.6. The minimum absolute atomic E-state index is 0.734. The molecule has 2 N–H and O–H groups in total. The number of hydrogen-bond acceptors (Lipinski definition) is 2. The van der Waals surface area contributed by atoms with Crippen molar-refractivity contribution >= 4 is 25.6 Å². The minimum atomic E-state index is -10.7. The SMILES string of the molecule is CN(C)c1ccc(/C=C/c2cc[n+](CCCN)cc2)cc1.F[P-](F)(F)(F)(F)F. The van der Waals surface area contributed by atoms with E-state index in [1.54, 1.807) is 0 Å². The van der Waals surface area contributed by atoms with Crippen molar-refractivity contribution in [3.63, 3.8) is 0 Å². The molecule has 2 aromatic rings. The van der Waals surface area contributed by atoms with Crippen molar-refractivity contribution in [2.75, 3.05) is 25.5 Å². The Morgan fingerprint density at radius 3 is 1.68 bits per heavy atom. The van der Waals surface area contributed by atoms with Gasteiger partial charge in [-0.1, -0.05) is 24.3 Å². The van der Waals surface area contributed by atoms with Crippen molar-refractivity contribution < 1.29 is 29.7 Å². The first kappa shape index (κ1) is 23.9. The number of nitrogens with zero attached hydrogens (tertiary/aromatic N) is 2. The Bertz CT molecular complexity index is 758. The van der Waals surface area contributed by atoms with Crippen LogP contribution in [0.1, 0.15) is 17.5 Å². The molecule has 0 amide bonds. The van der Waals surface area contributed by atoms with Gasteiger partial charge in [-0.2, -0.15) is 0 Å². The van der Waals surface area contributed by atoms with Gasteiger partial charge in [-0.25, -0.2) is 4.57 Å². The second kappa shape index (κ2) is 8.49. The number of aryl methyl sites for hydroxylation is 1. The van der Waals surface area contributed by atoms with Gasteiger partial charge < -0.3 is 10.6 Å². The van der Waals surface area contributed by atoms with E-state index in [9.17, 15) is 25.2 Å². The second-order valence-corrected chi connectivity index (χ2v) is 8.21. The van der Waals surface area contributed by atoms with Crippen LogP contribution in [0.15, 0.2) is 48.8 Å². The monoisotopic (exact) mass is 427 g/mol. The van der Waals surface area contributed by atoms with Gasteiger partial charge in [0.05, 0.1) is 0 Å². The third-order valence-electron chi connectivity index (χ3n) is 3.42. The van der Waals surface area contributed by atoms with E-state index in [4.69, 9.17) is 5.73 Å². The fourth-order valence-electron chi connectivity index (χ4n) is 2.08. The number of aromatic nitrogens is 1. The Hall–Kier alpha value is -2.12. The van der Waals surface area contributed by atoms with Crippen LogP contribution in [0.2, 0.25) is 0 Å². The van der Waals surface area contributed by atoms with Gasteiger partial charge in [0, 0.05) is 38.3 Å². The molecule has 1 aromatic carbocycles. The predicted octanol–water partition coefficient (Wildman–Crippen LogP) is 5.94. The molecule has 3 nitrogen and oxygen atoms in total. The molecule has 0 aliphatic rings. The summed E-state index contributed by atoms with van der Waals surface area (Å²) in [6, 6.07) is 12.8. The third kappa shape index (κ3) is 13.1. The van der Waals surface area contributed by atoms with E-state index >= 15 is 0 Å². The molecule has 158 valence electrons. The average molecular weight is 427 g/mol. The molecule has 0 aliphatic carbocycles. The van der Waals surface area contributed by atoms with Crippen molar-refractivity contribution in [2.24, 2.45) is 5.73 Å². The standard InChI is InChI=1S/C18H24N3.F6P/c1-20(2)18-8-6-16(7-9-18)4-5-17-10-14-21(15-11-17)13-3-12-19;1-7(2,3,4,5)6/h4-11,14-15H,3,12-13,19H2,1-2H3;/q+1;-1. The molecule has 10 heteroatoms. The number of halogens is 6. The molecule has 0 saturated heterocycles. The normalized spacial score (nSPS) is 14.0. The van der Waals surface area contributed by atoms with Gasteiger partial charge in [0.2, 0.25) is 0 Å². The van der Waals surface area contributed by atoms with Crippen molar-refractivity contribution in [3.8, 4) is 0 Å². The first-order valence-electron chi connectivity index (χ1n) is 8.35. The molecule has 0 fully saturated rings. The molecular formula is C18H24F6N3P. The number of pyridine rings is 1. The molecular weight excluding hydrogens is 403 g/mol. The van der Waals surface area contributed by atoms with Gasteiger partial charge in [-0.05, 0) is 29.8 Å². The Kier molecular flexibility index (Phi) is 7.25. The molecule has 0 spiro atoms. The summed E-state index contributed by atoms with van der Waals surface area (Å²) in [5.74, 6) is 0. The fourth-order valence-corrected chi connectivity index (χ4v) is 2.08. The molecule has 0 saturated carbocycles. The van der Waals surface area contributed by atoms with Gasteiger partial charge in [0.1, 0.15) is 6.54 Å². The van der Waals surface area contributed by atoms with Crippen LogP contribution in [0.5, 0.6) is 0 Å². The zero-order valence-corrected chi connectivity index (χ0v) is 16.5. The van der Waals surface area contributed by atoms with E-state index in [0.29, 0.717) is 0 Å². The van der Waals surface area contributed by atoms with Crippen LogP contribution in [0.25, 0.3) is 12.2 Å². The summed E-state index contributed by atoms with van der Waals surface area (Å²) < 4.78 is 61.4. The van der Waals surface area contributed by atoms with Gasteiger partial charge in [-0.3, -0.25) is 0 Å². The molecule has 0 atom stereocenters. The van der Waals surface area contributed by atoms with E-state index in [2.05, 4.69) is 84.5 Å². The number of rotatable bonds is 6. The van der Waals surface area contributed by atoms with Crippen molar-refractivity contribution in [3.05, 3.63) is 59.9 Å². The molecule has 0 radical (unpaired) electrons. The summed E-state index contributed by atoms with van der Waals surface area (Å²) in [6.07, 6.45) is 9.49. The molecule has 0 unspecified atom stereocenters. The topological polar surface area (TPSA) is 33.1 Å². The Balaban J connectivity index is 0.000000480. The number of benzene rings is 1. The van der Waals surface area contributed by atoms with Crippen molar-refractivity contribution in [1.29, 1.82) is 0 Å². The average Bonchev–Trinajstić information content (AvgIpc) is 2.56. The zero-order chi connectivity index (χ0) is 21.5. The summed E-state index contributed by atoms with van der Waals surface area (Å²) in [7, 11) is -6.56. The maximum atomic E-state index is 9.87. The van der Waals surface area contributed by atoms with Crippen molar-refractivity contribution in [1.82, 2.24) is 0 Å². The van der Waals surface area contributed by atoms with E-state index < -0.39 is 7.81 Å². The third-order valence-corrected chi connectivity index (χ3v) is 3.42. The Morgan fingerprint density at radius 1 is 0.857 bits per heavy atom. The van der Waals surface area contributed by atoms with Crippen LogP contribution in [0.4, 0.5) is 30.9 Å². The second-order valence-electron chi connectivity index (χ2n) is 6.29. The maximum absolute atomic E-state index is 10.7. The van der Waals surface area contributed by atoms with Gasteiger partial charge in [0.25, 0.3) is 0 Å². The van der Waals surface area contributed by atoms with Gasteiger partial charge in [0.15, 0.2) is 12.4 Å². The van der Waals surface area contributed by atoms with E-state index in [0.717, 1.165) is 19.5 Å². The van der Waals surface area contributed by atoms with Crippen LogP contribution in [0.3, 0.4) is 0 Å². The molecule has 0 aliphatic heterocycles. The van der Waals surface area contributed by atoms with Crippen LogP contribution >= 0.6 is 7.81 Å². The molecule has 28 heavy (non-hydrogen) atoms. The van der Waals surface area contributed by atoms with Crippen LogP contribution in [-0.4, -0.2) is 20.6 Å². The first-order valence-corrected chi connectivity index (χ1v) is 10.4. The van der Waals surface area contributed by atoms with E-state index in [1.165, 1.54) is 16.8 Å². The van der Waals surface area contributed by atoms with Crippen LogP contribution < -0.4 is 15.2 Å². The summed E-state index contributed by atoms with van der Waals surface area (Å²) in [4.78, 5) is 2.10. The fraction of sp³-hybridized carbons (Fsp3) is 0.278. The summed E-state index contributed by atoms with van der Waals surface area (Å²) in [6.45, 7) is 1.71. The molecule has 1 aromatic heterocycles. The quantitative estimate of drug-likeness (QED) is 0.352. The predicted molar refractivity (Wildman–Crippen MR) is 104 cm³/mol.